The normalized spacial score (nSPS) is 11.9. The van der Waals surface area contributed by atoms with Gasteiger partial charge in [0.25, 0.3) is 11.8 Å². The lowest BCUT2D eigenvalue weighted by Crippen LogP contribution is -2.33. The molecular weight excluding hydrogens is 473 g/mol. The van der Waals surface area contributed by atoms with Crippen LogP contribution in [0.1, 0.15) is 27.6 Å². The highest BCUT2D eigenvalue weighted by atomic mass is 35.5. The Bertz CT molecular complexity index is 1170. The highest BCUT2D eigenvalue weighted by Crippen LogP contribution is 2.37. The maximum atomic E-state index is 13.4. The first-order valence-electron chi connectivity index (χ1n) is 9.90. The van der Waals surface area contributed by atoms with E-state index in [2.05, 4.69) is 10.6 Å². The average molecular weight is 491 g/mol. The van der Waals surface area contributed by atoms with Crippen LogP contribution < -0.4 is 10.6 Å². The molecule has 0 aliphatic heterocycles. The van der Waals surface area contributed by atoms with Crippen LogP contribution in [0.25, 0.3) is 0 Å². The predicted octanol–water partition coefficient (Wildman–Crippen LogP) is 5.01. The Morgan fingerprint density at radius 3 is 2.15 bits per heavy atom. The van der Waals surface area contributed by atoms with Crippen LogP contribution in [-0.4, -0.2) is 24.3 Å². The van der Waals surface area contributed by atoms with Gasteiger partial charge in [-0.1, -0.05) is 60.1 Å². The number of carbonyl (C=O) groups is 3. The van der Waals surface area contributed by atoms with Gasteiger partial charge < -0.3 is 15.4 Å². The fourth-order valence-electron chi connectivity index (χ4n) is 2.98. The van der Waals surface area contributed by atoms with Gasteiger partial charge >= 0.3 is 12.1 Å². The van der Waals surface area contributed by atoms with Crippen LogP contribution in [0, 0.1) is 0 Å². The Kier molecular flexibility index (Phi) is 7.91. The van der Waals surface area contributed by atoms with Crippen molar-refractivity contribution in [2.24, 2.45) is 0 Å². The first kappa shape index (κ1) is 24.8. The molecule has 0 spiro atoms. The van der Waals surface area contributed by atoms with Gasteiger partial charge in [-0.3, -0.25) is 14.4 Å². The standard InChI is InChI=1S/C24H18ClF3N2O4/c25-17-11-12-19(18(13-17)24(26,27)28)30-23(33)21(15-7-3-1-4-8-15)34-20(31)14-29-22(32)16-9-5-2-6-10-16/h1-13,21H,14H2,(H,29,32)(H,30,33). The lowest BCUT2D eigenvalue weighted by atomic mass is 10.1. The molecule has 0 heterocycles. The number of nitrogens with one attached hydrogen (secondary N) is 2. The summed E-state index contributed by atoms with van der Waals surface area (Å²) in [5.41, 5.74) is -1.15. The summed E-state index contributed by atoms with van der Waals surface area (Å²) in [5.74, 6) is -2.50. The molecule has 2 amide bonds. The Morgan fingerprint density at radius 1 is 0.912 bits per heavy atom. The van der Waals surface area contributed by atoms with Crippen molar-refractivity contribution in [2.45, 2.75) is 12.3 Å². The van der Waals surface area contributed by atoms with Crippen LogP contribution >= 0.6 is 11.6 Å². The van der Waals surface area contributed by atoms with Gasteiger partial charge in [-0.25, -0.2) is 0 Å². The highest BCUT2D eigenvalue weighted by Gasteiger charge is 2.35. The summed E-state index contributed by atoms with van der Waals surface area (Å²) >= 11 is 5.67. The maximum absolute atomic E-state index is 13.4. The summed E-state index contributed by atoms with van der Waals surface area (Å²) in [5, 5.41) is 4.37. The van der Waals surface area contributed by atoms with Crippen molar-refractivity contribution in [2.75, 3.05) is 11.9 Å². The summed E-state index contributed by atoms with van der Waals surface area (Å²) < 4.78 is 45.4. The number of alkyl halides is 3. The van der Waals surface area contributed by atoms with Crippen LogP contribution in [0.3, 0.4) is 0 Å². The minimum atomic E-state index is -4.78. The number of rotatable bonds is 7. The predicted molar refractivity (Wildman–Crippen MR) is 119 cm³/mol. The van der Waals surface area contributed by atoms with E-state index in [1.807, 2.05) is 0 Å². The lowest BCUT2D eigenvalue weighted by molar-refractivity contribution is -0.153. The van der Waals surface area contributed by atoms with Crippen LogP contribution in [0.5, 0.6) is 0 Å². The van der Waals surface area contributed by atoms with E-state index in [4.69, 9.17) is 16.3 Å². The fraction of sp³-hybridized carbons (Fsp3) is 0.125. The molecule has 3 rings (SSSR count). The van der Waals surface area contributed by atoms with E-state index < -0.39 is 47.9 Å². The molecule has 6 nitrogen and oxygen atoms in total. The molecule has 10 heteroatoms. The zero-order valence-electron chi connectivity index (χ0n) is 17.4. The van der Waals surface area contributed by atoms with Gasteiger partial charge in [0, 0.05) is 16.1 Å². The molecule has 0 saturated heterocycles. The van der Waals surface area contributed by atoms with E-state index in [1.165, 1.54) is 18.2 Å². The zero-order chi connectivity index (χ0) is 24.7. The minimum absolute atomic E-state index is 0.162. The number of hydrogen-bond acceptors (Lipinski definition) is 4. The van der Waals surface area contributed by atoms with Crippen LogP contribution in [0.2, 0.25) is 5.02 Å². The molecule has 0 aromatic heterocycles. The SMILES string of the molecule is O=C(CNC(=O)c1ccccc1)OC(C(=O)Nc1ccc(Cl)cc1C(F)(F)F)c1ccccc1. The van der Waals surface area contributed by atoms with E-state index >= 15 is 0 Å². The number of carbonyl (C=O) groups excluding carboxylic acids is 3. The highest BCUT2D eigenvalue weighted by molar-refractivity contribution is 6.30. The fourth-order valence-corrected chi connectivity index (χ4v) is 3.15. The second kappa shape index (κ2) is 10.8. The second-order valence-corrected chi connectivity index (χ2v) is 7.44. The maximum Gasteiger partial charge on any atom is 0.418 e. The van der Waals surface area contributed by atoms with E-state index in [9.17, 15) is 27.6 Å². The Balaban J connectivity index is 1.76. The number of anilines is 1. The van der Waals surface area contributed by atoms with Gasteiger partial charge in [0.1, 0.15) is 6.54 Å². The lowest BCUT2D eigenvalue weighted by Gasteiger charge is -2.20. The van der Waals surface area contributed by atoms with Crippen LogP contribution in [0.4, 0.5) is 18.9 Å². The molecule has 34 heavy (non-hydrogen) atoms. The monoisotopic (exact) mass is 490 g/mol. The molecule has 0 aliphatic carbocycles. The van der Waals surface area contributed by atoms with Crippen molar-refractivity contribution in [3.05, 3.63) is 101 Å². The second-order valence-electron chi connectivity index (χ2n) is 7.01. The van der Waals surface area contributed by atoms with Crippen molar-refractivity contribution in [1.82, 2.24) is 5.32 Å². The number of amides is 2. The molecule has 3 aromatic rings. The van der Waals surface area contributed by atoms with E-state index in [1.54, 1.807) is 48.5 Å². The molecule has 0 bridgehead atoms. The van der Waals surface area contributed by atoms with E-state index in [0.717, 1.165) is 6.07 Å². The minimum Gasteiger partial charge on any atom is -0.446 e. The van der Waals surface area contributed by atoms with Gasteiger partial charge in [0.05, 0.1) is 11.3 Å². The summed E-state index contributed by atoms with van der Waals surface area (Å²) in [6, 6.07) is 18.7. The third-order valence-corrected chi connectivity index (χ3v) is 4.80. The molecule has 2 N–H and O–H groups in total. The summed E-state index contributed by atoms with van der Waals surface area (Å²) in [7, 11) is 0. The average Bonchev–Trinajstić information content (AvgIpc) is 2.82. The van der Waals surface area contributed by atoms with Crippen molar-refractivity contribution in [3.8, 4) is 0 Å². The molecule has 0 radical (unpaired) electrons. The summed E-state index contributed by atoms with van der Waals surface area (Å²) in [4.78, 5) is 37.4. The number of esters is 1. The number of ether oxygens (including phenoxy) is 1. The van der Waals surface area contributed by atoms with E-state index in [-0.39, 0.29) is 10.6 Å². The van der Waals surface area contributed by atoms with E-state index in [0.29, 0.717) is 11.6 Å². The van der Waals surface area contributed by atoms with Gasteiger partial charge in [-0.15, -0.1) is 0 Å². The number of halogens is 4. The molecule has 0 aliphatic rings. The number of benzene rings is 3. The molecule has 0 fully saturated rings. The van der Waals surface area contributed by atoms with Crippen LogP contribution in [-0.2, 0) is 20.5 Å². The zero-order valence-corrected chi connectivity index (χ0v) is 18.2. The smallest absolute Gasteiger partial charge is 0.418 e. The third-order valence-electron chi connectivity index (χ3n) is 4.56. The molecule has 3 aromatic carbocycles. The summed E-state index contributed by atoms with van der Waals surface area (Å²) in [6.07, 6.45) is -6.35. The summed E-state index contributed by atoms with van der Waals surface area (Å²) in [6.45, 7) is -0.556. The molecule has 1 unspecified atom stereocenters. The molecule has 1 atom stereocenters. The first-order valence-corrected chi connectivity index (χ1v) is 10.3. The Morgan fingerprint density at radius 2 is 1.53 bits per heavy atom. The third kappa shape index (κ3) is 6.58. The van der Waals surface area contributed by atoms with Crippen molar-refractivity contribution >= 4 is 35.1 Å². The van der Waals surface area contributed by atoms with Crippen molar-refractivity contribution < 1.29 is 32.3 Å². The largest absolute Gasteiger partial charge is 0.446 e. The van der Waals surface area contributed by atoms with Crippen LogP contribution in [0.15, 0.2) is 78.9 Å². The van der Waals surface area contributed by atoms with Crippen molar-refractivity contribution in [3.63, 3.8) is 0 Å². The van der Waals surface area contributed by atoms with Gasteiger partial charge in [-0.05, 0) is 30.3 Å². The van der Waals surface area contributed by atoms with Gasteiger partial charge in [0.2, 0.25) is 6.10 Å². The quantitative estimate of drug-likeness (QED) is 0.456. The topological polar surface area (TPSA) is 84.5 Å². The van der Waals surface area contributed by atoms with Crippen molar-refractivity contribution in [1.29, 1.82) is 0 Å². The van der Waals surface area contributed by atoms with Gasteiger partial charge in [0.15, 0.2) is 0 Å². The first-order chi connectivity index (χ1) is 16.1. The molecule has 0 saturated carbocycles. The Labute approximate surface area is 197 Å². The molecular formula is C24H18ClF3N2O4. The van der Waals surface area contributed by atoms with Gasteiger partial charge in [-0.2, -0.15) is 13.2 Å². The molecule has 176 valence electrons. The number of hydrogen-bond donors (Lipinski definition) is 2. The Hall–Kier alpha value is -3.85.